The van der Waals surface area contributed by atoms with Crippen molar-refractivity contribution >= 4 is 23.9 Å². The van der Waals surface area contributed by atoms with Gasteiger partial charge in [-0.15, -0.1) is 0 Å². The van der Waals surface area contributed by atoms with Gasteiger partial charge in [-0.2, -0.15) is 0 Å². The standard InChI is InChI=1S/C61H88O17/c1-30-23-32(75-51-48(74-10)46(66)45(65)47(76-51)49(67)68)25-41-56(6,52(70)71)27-55(5)37-13-18-53(3)36(57(37,7)31(2)24-40(55)58(30,41)8)15-20-59(28-62)38(53)14-19-54(4)39(59)16-21-60(29-63)42(54)26-33-35(77-60)12-11-34-44(33)50(69)78-61(34,72)22-17-43(64)73-9/h11-12,30-32,36-42,45-48,51,62-63,65-66,72H,13-29H2,1-10H3,(H,67,68)(H,70,71)/t30-,31+,32-,36-,37+,38+,39-,40-,41+,42+,45-,46-,47+,48+,51-,53+,54+,55+,56+,57-,58+,59+,60-,61-/m1/s1. The van der Waals surface area contributed by atoms with Crippen LogP contribution in [0.5, 0.6) is 5.75 Å². The molecule has 0 unspecified atom stereocenters. The summed E-state index contributed by atoms with van der Waals surface area (Å²) in [7, 11) is 2.61. The lowest BCUT2D eigenvalue weighted by atomic mass is 9.27. The zero-order valence-corrected chi connectivity index (χ0v) is 47.5. The van der Waals surface area contributed by atoms with Gasteiger partial charge >= 0.3 is 23.9 Å². The zero-order valence-electron chi connectivity index (χ0n) is 47.5. The van der Waals surface area contributed by atoms with Crippen LogP contribution >= 0.6 is 0 Å². The Labute approximate surface area is 458 Å². The van der Waals surface area contributed by atoms with Crippen molar-refractivity contribution in [1.29, 1.82) is 0 Å². The fraction of sp³-hybridized carbons (Fsp3) is 0.836. The lowest BCUT2D eigenvalue weighted by Gasteiger charge is -2.78. The molecule has 7 aliphatic carbocycles. The number of aliphatic carboxylic acids is 2. The molecule has 7 N–H and O–H groups in total. The first-order valence-corrected chi connectivity index (χ1v) is 29.3. The normalized spacial score (nSPS) is 51.7. The number of fused-ring (bicyclic) bond motifs is 16. The van der Waals surface area contributed by atoms with Crippen LogP contribution < -0.4 is 4.74 Å². The predicted molar refractivity (Wildman–Crippen MR) is 279 cm³/mol. The number of carbonyl (C=O) groups excluding carboxylic acids is 2. The van der Waals surface area contributed by atoms with Gasteiger partial charge in [-0.05, 0) is 177 Å². The molecule has 3 aliphatic heterocycles. The number of ether oxygens (including phenoxy) is 6. The Balaban J connectivity index is 0.883. The number of aliphatic hydroxyl groups is 5. The van der Waals surface area contributed by atoms with E-state index in [1.54, 1.807) is 12.1 Å². The van der Waals surface area contributed by atoms with E-state index in [1.165, 1.54) is 14.2 Å². The number of methoxy groups -OCH3 is 2. The summed E-state index contributed by atoms with van der Waals surface area (Å²) in [6.07, 6.45) is 1.29. The van der Waals surface area contributed by atoms with Gasteiger partial charge in [-0.1, -0.05) is 48.5 Å². The maximum atomic E-state index is 14.2. The summed E-state index contributed by atoms with van der Waals surface area (Å²) in [5, 5.41) is 78.4. The minimum Gasteiger partial charge on any atom is -0.484 e. The third-order valence-electron chi connectivity index (χ3n) is 26.1. The molecule has 434 valence electrons. The average molecular weight is 1090 g/mol. The van der Waals surface area contributed by atoms with Gasteiger partial charge in [-0.3, -0.25) is 9.59 Å². The molecule has 1 aromatic rings. The van der Waals surface area contributed by atoms with Crippen LogP contribution in [0.4, 0.5) is 0 Å². The van der Waals surface area contributed by atoms with E-state index in [4.69, 9.17) is 28.4 Å². The van der Waals surface area contributed by atoms with Crippen LogP contribution in [-0.2, 0) is 50.3 Å². The third kappa shape index (κ3) is 7.31. The van der Waals surface area contributed by atoms with Crippen molar-refractivity contribution in [1.82, 2.24) is 0 Å². The number of carbonyl (C=O) groups is 4. The first-order chi connectivity index (χ1) is 36.6. The van der Waals surface area contributed by atoms with Gasteiger partial charge in [0.15, 0.2) is 12.4 Å². The van der Waals surface area contributed by atoms with Crippen molar-refractivity contribution in [2.24, 2.45) is 91.2 Å². The molecule has 1 saturated heterocycles. The Kier molecular flexibility index (Phi) is 13.4. The quantitative estimate of drug-likeness (QED) is 0.0917. The monoisotopic (exact) mass is 1090 g/mol. The van der Waals surface area contributed by atoms with E-state index in [2.05, 4.69) is 48.5 Å². The maximum absolute atomic E-state index is 14.2. The highest BCUT2D eigenvalue weighted by Crippen LogP contribution is 2.82. The molecule has 78 heavy (non-hydrogen) atoms. The van der Waals surface area contributed by atoms with Crippen LogP contribution in [0.25, 0.3) is 0 Å². The Hall–Kier alpha value is -3.42. The fourth-order valence-corrected chi connectivity index (χ4v) is 22.5. The van der Waals surface area contributed by atoms with Gasteiger partial charge in [-0.25, -0.2) is 9.59 Å². The number of benzene rings is 1. The second kappa shape index (κ2) is 18.5. The van der Waals surface area contributed by atoms with E-state index in [0.29, 0.717) is 60.8 Å². The van der Waals surface area contributed by atoms with Crippen molar-refractivity contribution in [2.75, 3.05) is 27.4 Å². The highest BCUT2D eigenvalue weighted by molar-refractivity contribution is 5.97. The molecule has 17 nitrogen and oxygen atoms in total. The van der Waals surface area contributed by atoms with Gasteiger partial charge in [0.1, 0.15) is 29.7 Å². The number of carboxylic acid groups (broad SMARTS) is 2. The van der Waals surface area contributed by atoms with E-state index in [-0.39, 0.29) is 89.3 Å². The molecule has 24 atom stereocenters. The minimum atomic E-state index is -2.01. The smallest absolute Gasteiger partial charge is 0.341 e. The zero-order chi connectivity index (χ0) is 56.5. The summed E-state index contributed by atoms with van der Waals surface area (Å²) in [5.41, 5.74) is -2.68. The average Bonchev–Trinajstić information content (AvgIpc) is 2.09. The molecular weight excluding hydrogens is 1000 g/mol. The molecule has 0 spiro atoms. The number of aliphatic hydroxyl groups excluding tert-OH is 4. The summed E-state index contributed by atoms with van der Waals surface area (Å²) in [4.78, 5) is 52.3. The van der Waals surface area contributed by atoms with Gasteiger partial charge in [0.2, 0.25) is 5.79 Å². The number of carboxylic acids is 2. The van der Waals surface area contributed by atoms with E-state index in [0.717, 1.165) is 51.4 Å². The lowest BCUT2D eigenvalue weighted by molar-refractivity contribution is -0.326. The number of hydrogen-bond donors (Lipinski definition) is 7. The van der Waals surface area contributed by atoms with Crippen LogP contribution in [-0.4, -0.2) is 129 Å². The summed E-state index contributed by atoms with van der Waals surface area (Å²) in [5.74, 6) is -4.16. The van der Waals surface area contributed by atoms with Gasteiger partial charge in [0.05, 0.1) is 37.2 Å². The van der Waals surface area contributed by atoms with Crippen LogP contribution in [0.15, 0.2) is 12.1 Å². The molecule has 0 radical (unpaired) electrons. The Morgan fingerprint density at radius 1 is 0.718 bits per heavy atom. The number of rotatable bonds is 10. The molecule has 11 rings (SSSR count). The van der Waals surface area contributed by atoms with Crippen LogP contribution in [0.3, 0.4) is 0 Å². The van der Waals surface area contributed by atoms with Crippen molar-refractivity contribution in [3.05, 3.63) is 28.8 Å². The van der Waals surface area contributed by atoms with E-state index in [1.807, 2.05) is 6.92 Å². The highest BCUT2D eigenvalue weighted by Gasteiger charge is 2.77. The third-order valence-corrected chi connectivity index (χ3v) is 26.1. The van der Waals surface area contributed by atoms with Gasteiger partial charge in [0.25, 0.3) is 0 Å². The molecule has 0 amide bonds. The topological polar surface area (TPSA) is 265 Å². The lowest BCUT2D eigenvalue weighted by Crippen LogP contribution is -2.73. The molecular formula is C61H88O17. The van der Waals surface area contributed by atoms with Crippen LogP contribution in [0.2, 0.25) is 0 Å². The molecule has 0 aromatic heterocycles. The molecule has 10 aliphatic rings. The summed E-state index contributed by atoms with van der Waals surface area (Å²) in [6.45, 7) is 18.6. The van der Waals surface area contributed by atoms with E-state index in [9.17, 15) is 54.9 Å². The first-order valence-electron chi connectivity index (χ1n) is 29.3. The SMILES string of the molecule is COC(=O)CC[C@@]1(O)OC(=O)c2c1ccc1c2C[C@@H]2[C@](CO)(CC[C@@H]3[C@]2(C)CC[C@H]2[C@@]4(C)CC[C@H]5[C@]6(C)C[C@](C)(C(=O)O)[C@@H]7C[C@H](O[C@@H]8O[C@H](C(=O)O)[C@H](O)[C@@H](O)[C@@H]8OC)C[C@@H](C)[C@@]7(C)[C@@H]6C[C@H](C)[C@]5(C)[C@@H]4CC[C@@]32CO)O1. The second-order valence-electron chi connectivity index (χ2n) is 28.5. The minimum absolute atomic E-state index is 0.000783. The van der Waals surface area contributed by atoms with Crippen LogP contribution in [0.1, 0.15) is 167 Å². The highest BCUT2D eigenvalue weighted by atomic mass is 16.7. The largest absolute Gasteiger partial charge is 0.484 e. The first kappa shape index (κ1) is 56.4. The maximum Gasteiger partial charge on any atom is 0.341 e. The fourth-order valence-electron chi connectivity index (χ4n) is 22.5. The number of esters is 2. The molecule has 0 bridgehead atoms. The molecule has 17 heteroatoms. The Morgan fingerprint density at radius 2 is 1.33 bits per heavy atom. The van der Waals surface area contributed by atoms with Crippen molar-refractivity contribution in [2.45, 2.75) is 200 Å². The number of hydrogen-bond acceptors (Lipinski definition) is 15. The predicted octanol–water partition coefficient (Wildman–Crippen LogP) is 7.02. The molecule has 8 fully saturated rings. The Morgan fingerprint density at radius 3 is 1.96 bits per heavy atom. The summed E-state index contributed by atoms with van der Waals surface area (Å²) < 4.78 is 35.3. The summed E-state index contributed by atoms with van der Waals surface area (Å²) >= 11 is 0. The molecule has 7 saturated carbocycles. The van der Waals surface area contributed by atoms with Crippen LogP contribution in [0, 0.1) is 91.2 Å². The van der Waals surface area contributed by atoms with Gasteiger partial charge in [0, 0.05) is 42.6 Å². The second-order valence-corrected chi connectivity index (χ2v) is 28.5. The Bertz CT molecular complexity index is 2610. The van der Waals surface area contributed by atoms with E-state index >= 15 is 0 Å². The van der Waals surface area contributed by atoms with Crippen molar-refractivity contribution in [3.8, 4) is 5.75 Å². The van der Waals surface area contributed by atoms with Crippen molar-refractivity contribution < 1.29 is 83.3 Å². The summed E-state index contributed by atoms with van der Waals surface area (Å²) in [6, 6.07) is 3.39. The van der Waals surface area contributed by atoms with Gasteiger partial charge < -0.3 is 64.2 Å². The molecule has 3 heterocycles. The molecule has 1 aromatic carbocycles. The van der Waals surface area contributed by atoms with E-state index < -0.39 is 93.7 Å². The van der Waals surface area contributed by atoms with Crippen molar-refractivity contribution in [3.63, 3.8) is 0 Å². The number of cyclic esters (lactones) is 1.